The van der Waals surface area contributed by atoms with E-state index in [1.165, 1.54) is 0 Å². The maximum Gasteiger partial charge on any atom is 0.416 e. The first kappa shape index (κ1) is 23.0. The summed E-state index contributed by atoms with van der Waals surface area (Å²) in [6, 6.07) is 7.96. The Bertz CT molecular complexity index is 841. The van der Waals surface area contributed by atoms with Crippen molar-refractivity contribution < 1.29 is 31.5 Å². The van der Waals surface area contributed by atoms with Crippen LogP contribution in [0, 0.1) is 0 Å². The van der Waals surface area contributed by atoms with E-state index in [9.17, 15) is 17.7 Å². The molecule has 0 saturated carbocycles. The second-order valence-corrected chi connectivity index (χ2v) is 8.49. The molecule has 0 amide bonds. The van der Waals surface area contributed by atoms with Gasteiger partial charge in [0.1, 0.15) is 5.75 Å². The van der Waals surface area contributed by atoms with Crippen LogP contribution in [0.4, 0.5) is 13.2 Å². The van der Waals surface area contributed by atoms with Crippen molar-refractivity contribution in [3.8, 4) is 11.5 Å². The van der Waals surface area contributed by atoms with Gasteiger partial charge in [-0.1, -0.05) is 35.3 Å². The molecule has 0 radical (unpaired) electrons. The Hall–Kier alpha value is -1.24. The van der Waals surface area contributed by atoms with Crippen LogP contribution in [0.5, 0.6) is 11.5 Å². The lowest BCUT2D eigenvalue weighted by atomic mass is 10.2. The molecule has 2 aromatic rings. The molecule has 0 bridgehead atoms. The molecule has 0 N–H and O–H groups in total. The molecular formula is C18H18Cl2F3O4P. The van der Waals surface area contributed by atoms with Gasteiger partial charge in [0.2, 0.25) is 0 Å². The normalized spacial score (nSPS) is 12.2. The van der Waals surface area contributed by atoms with E-state index in [1.807, 2.05) is 0 Å². The first-order valence-corrected chi connectivity index (χ1v) is 10.8. The molecule has 0 aliphatic heterocycles. The summed E-state index contributed by atoms with van der Waals surface area (Å²) in [5, 5.41) is -0.556. The second kappa shape index (κ2) is 9.51. The largest absolute Gasteiger partial charge is 0.454 e. The Labute approximate surface area is 171 Å². The highest BCUT2D eigenvalue weighted by Crippen LogP contribution is 2.51. The molecule has 0 spiro atoms. The minimum absolute atomic E-state index is 0.0142. The first-order chi connectivity index (χ1) is 13.1. The number of alkyl halides is 3. The molecule has 0 aromatic heterocycles. The predicted octanol–water partition coefficient (Wildman–Crippen LogP) is 7.57. The van der Waals surface area contributed by atoms with E-state index < -0.39 is 19.3 Å². The summed E-state index contributed by atoms with van der Waals surface area (Å²) in [6.07, 6.45) is -4.56. The quantitative estimate of drug-likeness (QED) is 0.384. The third-order valence-corrected chi connectivity index (χ3v) is 6.09. The lowest BCUT2D eigenvalue weighted by Gasteiger charge is -2.17. The summed E-state index contributed by atoms with van der Waals surface area (Å²) in [5.41, 5.74) is -0.375. The van der Waals surface area contributed by atoms with E-state index in [1.54, 1.807) is 38.1 Å². The van der Waals surface area contributed by atoms with Crippen molar-refractivity contribution in [2.24, 2.45) is 0 Å². The van der Waals surface area contributed by atoms with Crippen LogP contribution in [0.15, 0.2) is 36.4 Å². The van der Waals surface area contributed by atoms with Crippen molar-refractivity contribution in [2.45, 2.75) is 26.2 Å². The van der Waals surface area contributed by atoms with Crippen molar-refractivity contribution in [3.05, 3.63) is 57.6 Å². The third-order valence-electron chi connectivity index (χ3n) is 3.47. The van der Waals surface area contributed by atoms with Crippen molar-refractivity contribution in [2.75, 3.05) is 13.2 Å². The Balaban J connectivity index is 2.27. The van der Waals surface area contributed by atoms with E-state index in [0.717, 1.165) is 12.1 Å². The van der Waals surface area contributed by atoms with Crippen molar-refractivity contribution in [3.63, 3.8) is 0 Å². The summed E-state index contributed by atoms with van der Waals surface area (Å²) in [4.78, 5) is 0. The average Bonchev–Trinajstić information content (AvgIpc) is 2.57. The molecule has 4 nitrogen and oxygen atoms in total. The van der Waals surface area contributed by atoms with Gasteiger partial charge >= 0.3 is 13.8 Å². The van der Waals surface area contributed by atoms with Crippen LogP contribution in [0.2, 0.25) is 10.0 Å². The summed E-state index contributed by atoms with van der Waals surface area (Å²) in [7, 11) is -3.32. The number of hydrogen-bond acceptors (Lipinski definition) is 4. The number of ether oxygens (including phenoxy) is 1. The summed E-state index contributed by atoms with van der Waals surface area (Å²) in [6.45, 7) is 3.87. The minimum Gasteiger partial charge on any atom is -0.454 e. The molecule has 2 aromatic carbocycles. The lowest BCUT2D eigenvalue weighted by molar-refractivity contribution is -0.137. The van der Waals surface area contributed by atoms with Gasteiger partial charge in [-0.05, 0) is 43.7 Å². The molecule has 2 rings (SSSR count). The van der Waals surface area contributed by atoms with Gasteiger partial charge in [0.15, 0.2) is 5.75 Å². The van der Waals surface area contributed by atoms with Gasteiger partial charge in [-0.2, -0.15) is 13.2 Å². The zero-order chi connectivity index (χ0) is 20.9. The molecule has 0 unspecified atom stereocenters. The Morgan fingerprint density at radius 2 is 1.57 bits per heavy atom. The van der Waals surface area contributed by atoms with E-state index in [0.29, 0.717) is 5.56 Å². The van der Waals surface area contributed by atoms with Crippen LogP contribution in [0.25, 0.3) is 0 Å². The monoisotopic (exact) mass is 456 g/mol. The van der Waals surface area contributed by atoms with Crippen molar-refractivity contribution >= 4 is 30.8 Å². The number of rotatable bonds is 8. The van der Waals surface area contributed by atoms with E-state index >= 15 is 0 Å². The highest BCUT2D eigenvalue weighted by molar-refractivity contribution is 7.53. The highest BCUT2D eigenvalue weighted by atomic mass is 35.5. The Morgan fingerprint density at radius 3 is 2.07 bits per heavy atom. The molecule has 0 fully saturated rings. The van der Waals surface area contributed by atoms with Gasteiger partial charge in [-0.25, -0.2) is 0 Å². The van der Waals surface area contributed by atoms with Crippen LogP contribution >= 0.6 is 30.8 Å². The summed E-state index contributed by atoms with van der Waals surface area (Å²) in [5.74, 6) is 0.159. The smallest absolute Gasteiger partial charge is 0.416 e. The number of benzene rings is 2. The van der Waals surface area contributed by atoms with E-state index in [-0.39, 0.29) is 40.9 Å². The SMILES string of the molecule is CCOP(=O)(Cc1cccc(Oc2c(Cl)cc(C(F)(F)F)cc2Cl)c1)OCC. The standard InChI is InChI=1S/C18H18Cl2F3O4P/c1-3-25-28(24,26-4-2)11-12-6-5-7-14(8-12)27-17-15(19)9-13(10-16(17)20)18(21,22)23/h5-10H,3-4,11H2,1-2H3. The van der Waals surface area contributed by atoms with Gasteiger partial charge in [-0.3, -0.25) is 4.57 Å². The predicted molar refractivity (Wildman–Crippen MR) is 103 cm³/mol. The maximum atomic E-state index is 12.8. The van der Waals surface area contributed by atoms with Gasteiger partial charge < -0.3 is 13.8 Å². The molecule has 0 atom stereocenters. The maximum absolute atomic E-state index is 12.8. The van der Waals surface area contributed by atoms with Crippen molar-refractivity contribution in [1.82, 2.24) is 0 Å². The molecule has 28 heavy (non-hydrogen) atoms. The molecule has 0 saturated heterocycles. The van der Waals surface area contributed by atoms with Gasteiger partial charge in [0.25, 0.3) is 0 Å². The molecule has 154 valence electrons. The number of hydrogen-bond donors (Lipinski definition) is 0. The average molecular weight is 457 g/mol. The Kier molecular flexibility index (Phi) is 7.82. The van der Waals surface area contributed by atoms with Crippen LogP contribution in [-0.2, 0) is 26.0 Å². The van der Waals surface area contributed by atoms with Gasteiger partial charge in [-0.15, -0.1) is 0 Å². The fraction of sp³-hybridized carbons (Fsp3) is 0.333. The fourth-order valence-electron chi connectivity index (χ4n) is 2.39. The summed E-state index contributed by atoms with van der Waals surface area (Å²) < 4.78 is 67.3. The fourth-order valence-corrected chi connectivity index (χ4v) is 4.64. The first-order valence-electron chi connectivity index (χ1n) is 8.29. The van der Waals surface area contributed by atoms with Crippen LogP contribution in [0.3, 0.4) is 0 Å². The Morgan fingerprint density at radius 1 is 1.00 bits per heavy atom. The van der Waals surface area contributed by atoms with Crippen molar-refractivity contribution in [1.29, 1.82) is 0 Å². The van der Waals surface area contributed by atoms with Crippen LogP contribution in [0.1, 0.15) is 25.0 Å². The van der Waals surface area contributed by atoms with Crippen LogP contribution < -0.4 is 4.74 Å². The highest BCUT2D eigenvalue weighted by Gasteiger charge is 2.32. The second-order valence-electron chi connectivity index (χ2n) is 5.62. The topological polar surface area (TPSA) is 44.8 Å². The summed E-state index contributed by atoms with van der Waals surface area (Å²) >= 11 is 11.9. The van der Waals surface area contributed by atoms with Gasteiger partial charge in [0.05, 0.1) is 35.0 Å². The minimum atomic E-state index is -4.58. The van der Waals surface area contributed by atoms with Crippen LogP contribution in [-0.4, -0.2) is 13.2 Å². The van der Waals surface area contributed by atoms with E-state index in [2.05, 4.69) is 0 Å². The zero-order valence-corrected chi connectivity index (χ0v) is 17.5. The molecule has 10 heteroatoms. The molecule has 0 aliphatic rings. The molecule has 0 aliphatic carbocycles. The van der Waals surface area contributed by atoms with Gasteiger partial charge in [0, 0.05) is 0 Å². The van der Waals surface area contributed by atoms with E-state index in [4.69, 9.17) is 37.0 Å². The number of halogens is 5. The lowest BCUT2D eigenvalue weighted by Crippen LogP contribution is -2.05. The zero-order valence-electron chi connectivity index (χ0n) is 15.1. The molecular weight excluding hydrogens is 439 g/mol. The third kappa shape index (κ3) is 6.13. The molecule has 0 heterocycles.